The molecule has 0 unspecified atom stereocenters. The Kier molecular flexibility index (Phi) is 8.36. The number of fused-ring (bicyclic) bond motifs is 1. The van der Waals surface area contributed by atoms with Crippen LogP contribution in [0.1, 0.15) is 6.92 Å². The summed E-state index contributed by atoms with van der Waals surface area (Å²) in [6, 6.07) is 4.22. The van der Waals surface area contributed by atoms with Gasteiger partial charge >= 0.3 is 5.97 Å². The minimum Gasteiger partial charge on any atom is -0.465 e. The molecule has 1 aromatic carbocycles. The lowest BCUT2D eigenvalue weighted by molar-refractivity contribution is -0.384. The Labute approximate surface area is 191 Å². The molecule has 0 bridgehead atoms. The van der Waals surface area contributed by atoms with Crippen LogP contribution in [0.5, 0.6) is 0 Å². The third-order valence-corrected chi connectivity index (χ3v) is 6.45. The second kappa shape index (κ2) is 11.2. The number of amides is 2. The summed E-state index contributed by atoms with van der Waals surface area (Å²) in [5, 5.41) is 11.1. The predicted octanol–water partition coefficient (Wildman–Crippen LogP) is 1.19. The molecule has 1 aliphatic rings. The highest BCUT2D eigenvalue weighted by molar-refractivity contribution is 8.00. The summed E-state index contributed by atoms with van der Waals surface area (Å²) < 4.78 is 12.2. The smallest absolute Gasteiger partial charge is 0.326 e. The third kappa shape index (κ3) is 6.14. The molecule has 3 rings (SSSR count). The van der Waals surface area contributed by atoms with E-state index in [0.29, 0.717) is 36.5 Å². The molecule has 0 atom stereocenters. The van der Waals surface area contributed by atoms with Crippen molar-refractivity contribution in [2.75, 3.05) is 44.4 Å². The van der Waals surface area contributed by atoms with Crippen LogP contribution in [0.3, 0.4) is 0 Å². The zero-order valence-corrected chi connectivity index (χ0v) is 19.0. The van der Waals surface area contributed by atoms with Crippen LogP contribution in [0.25, 0.3) is 10.2 Å². The molecular formula is C19H22N4O7S2. The molecule has 0 saturated carbocycles. The summed E-state index contributed by atoms with van der Waals surface area (Å²) >= 11 is 2.23. The molecule has 32 heavy (non-hydrogen) atoms. The van der Waals surface area contributed by atoms with Crippen LogP contribution in [0.15, 0.2) is 23.2 Å². The molecule has 0 spiro atoms. The van der Waals surface area contributed by atoms with E-state index in [-0.39, 0.29) is 41.1 Å². The van der Waals surface area contributed by atoms with Crippen molar-refractivity contribution in [3.05, 3.63) is 33.1 Å². The lowest BCUT2D eigenvalue weighted by atomic mass is 10.3. The number of ether oxygens (including phenoxy) is 2. The van der Waals surface area contributed by atoms with Crippen molar-refractivity contribution in [2.45, 2.75) is 13.5 Å². The number of hydrogen-bond acceptors (Lipinski definition) is 9. The third-order valence-electron chi connectivity index (χ3n) is 4.50. The molecule has 11 nitrogen and oxygen atoms in total. The number of rotatable bonds is 8. The Morgan fingerprint density at radius 3 is 2.72 bits per heavy atom. The highest BCUT2D eigenvalue weighted by Crippen LogP contribution is 2.23. The largest absolute Gasteiger partial charge is 0.465 e. The van der Waals surface area contributed by atoms with Gasteiger partial charge in [-0.1, -0.05) is 11.3 Å². The summed E-state index contributed by atoms with van der Waals surface area (Å²) in [6.07, 6.45) is 0. The molecule has 2 aromatic rings. The zero-order valence-electron chi connectivity index (χ0n) is 17.4. The summed E-state index contributed by atoms with van der Waals surface area (Å²) in [4.78, 5) is 53.2. The van der Waals surface area contributed by atoms with Gasteiger partial charge in [-0.25, -0.2) is 0 Å². The quantitative estimate of drug-likeness (QED) is 0.311. The number of thiazole rings is 1. The lowest BCUT2D eigenvalue weighted by Gasteiger charge is -2.26. The van der Waals surface area contributed by atoms with Gasteiger partial charge in [0.05, 0.1) is 46.5 Å². The monoisotopic (exact) mass is 482 g/mol. The van der Waals surface area contributed by atoms with Gasteiger partial charge in [0.1, 0.15) is 6.54 Å². The second-order valence-electron chi connectivity index (χ2n) is 6.68. The fourth-order valence-corrected chi connectivity index (χ4v) is 4.80. The summed E-state index contributed by atoms with van der Waals surface area (Å²) in [5.74, 6) is -0.891. The summed E-state index contributed by atoms with van der Waals surface area (Å²) in [7, 11) is 0. The zero-order chi connectivity index (χ0) is 23.1. The molecule has 1 aliphatic heterocycles. The van der Waals surface area contributed by atoms with Crippen molar-refractivity contribution in [3.8, 4) is 0 Å². The second-order valence-corrected chi connectivity index (χ2v) is 8.67. The number of non-ortho nitro benzene ring substituents is 1. The number of nitrogens with zero attached hydrogens (tertiary/aromatic N) is 4. The van der Waals surface area contributed by atoms with Gasteiger partial charge < -0.3 is 18.9 Å². The Balaban J connectivity index is 1.76. The van der Waals surface area contributed by atoms with Crippen molar-refractivity contribution < 1.29 is 28.8 Å². The Bertz CT molecular complexity index is 1090. The van der Waals surface area contributed by atoms with E-state index >= 15 is 0 Å². The Hall–Kier alpha value is -2.77. The fourth-order valence-electron chi connectivity index (χ4n) is 3.02. The van der Waals surface area contributed by atoms with Gasteiger partial charge in [-0.2, -0.15) is 4.99 Å². The van der Waals surface area contributed by atoms with Crippen LogP contribution in [0, 0.1) is 10.1 Å². The average Bonchev–Trinajstić information content (AvgIpc) is 3.10. The SMILES string of the molecule is CCOC(=O)Cn1c(=NC(=O)CSCC(=O)N2CCOCC2)sc2cc([N+](=O)[O-])ccc21. The molecule has 172 valence electrons. The minimum atomic E-state index is -0.515. The van der Waals surface area contributed by atoms with Gasteiger partial charge in [0, 0.05) is 25.2 Å². The number of benzene rings is 1. The molecule has 0 aliphatic carbocycles. The normalized spacial score (nSPS) is 14.5. The van der Waals surface area contributed by atoms with Crippen LogP contribution in [-0.2, 0) is 30.4 Å². The van der Waals surface area contributed by atoms with Gasteiger partial charge in [-0.05, 0) is 13.0 Å². The van der Waals surface area contributed by atoms with Crippen molar-refractivity contribution in [3.63, 3.8) is 0 Å². The molecule has 2 heterocycles. The number of aromatic nitrogens is 1. The van der Waals surface area contributed by atoms with Crippen molar-refractivity contribution >= 4 is 56.8 Å². The maximum absolute atomic E-state index is 12.4. The number of nitro benzene ring substituents is 1. The maximum Gasteiger partial charge on any atom is 0.326 e. The van der Waals surface area contributed by atoms with Gasteiger partial charge in [-0.15, -0.1) is 11.8 Å². The molecular weight excluding hydrogens is 460 g/mol. The lowest BCUT2D eigenvalue weighted by Crippen LogP contribution is -2.41. The van der Waals surface area contributed by atoms with Crippen LogP contribution in [0.2, 0.25) is 0 Å². The van der Waals surface area contributed by atoms with Crippen LogP contribution < -0.4 is 4.80 Å². The molecule has 0 radical (unpaired) electrons. The molecule has 1 saturated heterocycles. The van der Waals surface area contributed by atoms with Gasteiger partial charge in [0.2, 0.25) is 5.91 Å². The average molecular weight is 483 g/mol. The van der Waals surface area contributed by atoms with E-state index in [1.807, 2.05) is 0 Å². The molecule has 1 fully saturated rings. The van der Waals surface area contributed by atoms with Crippen molar-refractivity contribution in [2.24, 2.45) is 4.99 Å². The first-order chi connectivity index (χ1) is 15.4. The van der Waals surface area contributed by atoms with Crippen LogP contribution in [-0.4, -0.2) is 76.6 Å². The van der Waals surface area contributed by atoms with E-state index in [9.17, 15) is 24.5 Å². The fraction of sp³-hybridized carbons (Fsp3) is 0.474. The molecule has 1 aromatic heterocycles. The topological polar surface area (TPSA) is 133 Å². The number of esters is 1. The molecule has 0 N–H and O–H groups in total. The number of thioether (sulfide) groups is 1. The molecule has 13 heteroatoms. The number of nitro groups is 1. The molecule has 2 amide bonds. The van der Waals surface area contributed by atoms with E-state index in [1.54, 1.807) is 11.8 Å². The summed E-state index contributed by atoms with van der Waals surface area (Å²) in [6.45, 7) is 3.80. The van der Waals surface area contributed by atoms with Gasteiger partial charge in [0.15, 0.2) is 4.80 Å². The summed E-state index contributed by atoms with van der Waals surface area (Å²) in [5.41, 5.74) is 0.437. The maximum atomic E-state index is 12.4. The van der Waals surface area contributed by atoms with E-state index in [0.717, 1.165) is 23.1 Å². The first-order valence-corrected chi connectivity index (χ1v) is 11.8. The highest BCUT2D eigenvalue weighted by atomic mass is 32.2. The Morgan fingerprint density at radius 2 is 2.03 bits per heavy atom. The van der Waals surface area contributed by atoms with E-state index in [4.69, 9.17) is 9.47 Å². The first kappa shape index (κ1) is 23.9. The van der Waals surface area contributed by atoms with Crippen molar-refractivity contribution in [1.29, 1.82) is 0 Å². The number of morpholine rings is 1. The minimum absolute atomic E-state index is 0.0100. The number of carbonyl (C=O) groups is 3. The van der Waals surface area contributed by atoms with E-state index in [2.05, 4.69) is 4.99 Å². The first-order valence-electron chi connectivity index (χ1n) is 9.83. The standard InChI is InChI=1S/C19H22N4O7S2/c1-2-30-18(26)10-22-14-4-3-13(23(27)28)9-15(14)32-19(22)20-16(24)11-31-12-17(25)21-5-7-29-8-6-21/h3-4,9H,2,5-8,10-12H2,1H3. The number of carbonyl (C=O) groups excluding carboxylic acids is 3. The predicted molar refractivity (Wildman–Crippen MR) is 118 cm³/mol. The van der Waals surface area contributed by atoms with Gasteiger partial charge in [0.25, 0.3) is 11.6 Å². The Morgan fingerprint density at radius 1 is 1.28 bits per heavy atom. The van der Waals surface area contributed by atoms with Gasteiger partial charge in [-0.3, -0.25) is 24.5 Å². The van der Waals surface area contributed by atoms with Crippen LogP contribution in [0.4, 0.5) is 5.69 Å². The van der Waals surface area contributed by atoms with E-state index < -0.39 is 16.8 Å². The highest BCUT2D eigenvalue weighted by Gasteiger charge is 2.18. The van der Waals surface area contributed by atoms with E-state index in [1.165, 1.54) is 22.8 Å². The number of hydrogen-bond donors (Lipinski definition) is 0. The van der Waals surface area contributed by atoms with Crippen molar-refractivity contribution in [1.82, 2.24) is 9.47 Å². The van der Waals surface area contributed by atoms with Crippen LogP contribution >= 0.6 is 23.1 Å².